The second-order valence-corrected chi connectivity index (χ2v) is 8.06. The Morgan fingerprint density at radius 3 is 3.07 bits per heavy atom. The van der Waals surface area contributed by atoms with Gasteiger partial charge in [0.15, 0.2) is 16.7 Å². The highest BCUT2D eigenvalue weighted by molar-refractivity contribution is 7.99. The maximum atomic E-state index is 13.8. The van der Waals surface area contributed by atoms with Crippen molar-refractivity contribution >= 4 is 28.5 Å². The highest BCUT2D eigenvalue weighted by atomic mass is 32.2. The number of benzene rings is 2. The Morgan fingerprint density at radius 1 is 1.36 bits per heavy atom. The van der Waals surface area contributed by atoms with E-state index in [1.54, 1.807) is 17.8 Å². The Balaban J connectivity index is 1.38. The topological polar surface area (TPSA) is 70.2 Å². The summed E-state index contributed by atoms with van der Waals surface area (Å²) in [6.07, 6.45) is 2.94. The van der Waals surface area contributed by atoms with Crippen LogP contribution in [0.4, 0.5) is 10.1 Å². The maximum Gasteiger partial charge on any atom is 0.167 e. The third-order valence-corrected chi connectivity index (χ3v) is 6.16. The first kappa shape index (κ1) is 19.1. The number of aryl methyl sites for hydroxylation is 1. The number of aromatic amines is 1. The number of halogens is 1. The van der Waals surface area contributed by atoms with Crippen LogP contribution in [0.25, 0.3) is 11.0 Å². The van der Waals surface area contributed by atoms with E-state index in [9.17, 15) is 9.50 Å². The van der Waals surface area contributed by atoms with E-state index < -0.39 is 5.82 Å². The molecule has 0 saturated carbocycles. The van der Waals surface area contributed by atoms with Gasteiger partial charge in [-0.25, -0.2) is 9.37 Å². The number of para-hydroxylation sites is 1. The minimum atomic E-state index is -0.391. The summed E-state index contributed by atoms with van der Waals surface area (Å²) in [5.74, 6) is 0.960. The quantitative estimate of drug-likeness (QED) is 0.406. The molecule has 3 N–H and O–H groups in total. The fraction of sp³-hybridized carbons (Fsp3) is 0.381. The minimum absolute atomic E-state index is 0.200. The van der Waals surface area contributed by atoms with Crippen molar-refractivity contribution < 1.29 is 14.2 Å². The molecule has 2 aromatic carbocycles. The predicted octanol–water partition coefficient (Wildman–Crippen LogP) is 4.33. The number of methoxy groups -OCH3 is 1. The molecular weight excluding hydrogens is 377 g/mol. The molecule has 28 heavy (non-hydrogen) atoms. The average molecular weight is 402 g/mol. The van der Waals surface area contributed by atoms with Crippen LogP contribution in [0.5, 0.6) is 5.75 Å². The third-order valence-electron chi connectivity index (χ3n) is 5.20. The fourth-order valence-electron chi connectivity index (χ4n) is 3.74. The van der Waals surface area contributed by atoms with E-state index in [4.69, 9.17) is 4.74 Å². The SMILES string of the molecule is COc1cc2nc(SCCCc3cccc4c3NCCC4CO)[nH]c2cc1F. The van der Waals surface area contributed by atoms with Crippen LogP contribution < -0.4 is 10.1 Å². The zero-order valence-electron chi connectivity index (χ0n) is 15.8. The molecule has 4 rings (SSSR count). The van der Waals surface area contributed by atoms with Crippen molar-refractivity contribution in [2.24, 2.45) is 0 Å². The number of aromatic nitrogens is 2. The van der Waals surface area contributed by atoms with Gasteiger partial charge < -0.3 is 20.1 Å². The first-order chi connectivity index (χ1) is 13.7. The number of H-pyrrole nitrogens is 1. The molecular formula is C21H24FN3O2S. The monoisotopic (exact) mass is 401 g/mol. The number of rotatable bonds is 7. The molecule has 2 heterocycles. The predicted molar refractivity (Wildman–Crippen MR) is 111 cm³/mol. The number of hydrogen-bond donors (Lipinski definition) is 3. The Bertz CT molecular complexity index is 976. The zero-order valence-corrected chi connectivity index (χ0v) is 16.6. The van der Waals surface area contributed by atoms with Gasteiger partial charge in [-0.1, -0.05) is 30.0 Å². The number of aliphatic hydroxyl groups excluding tert-OH is 1. The van der Waals surface area contributed by atoms with Crippen LogP contribution in [0, 0.1) is 5.82 Å². The fourth-order valence-corrected chi connectivity index (χ4v) is 4.57. The van der Waals surface area contributed by atoms with Crippen molar-refractivity contribution in [3.63, 3.8) is 0 Å². The van der Waals surface area contributed by atoms with Crippen molar-refractivity contribution in [2.75, 3.05) is 31.3 Å². The van der Waals surface area contributed by atoms with Gasteiger partial charge >= 0.3 is 0 Å². The summed E-state index contributed by atoms with van der Waals surface area (Å²) < 4.78 is 18.8. The van der Waals surface area contributed by atoms with Gasteiger partial charge in [0.2, 0.25) is 0 Å². The smallest absolute Gasteiger partial charge is 0.167 e. The summed E-state index contributed by atoms with van der Waals surface area (Å²) in [4.78, 5) is 7.68. The van der Waals surface area contributed by atoms with Crippen molar-refractivity contribution in [3.8, 4) is 5.75 Å². The number of ether oxygens (including phenoxy) is 1. The number of fused-ring (bicyclic) bond motifs is 2. The van der Waals surface area contributed by atoms with Gasteiger partial charge in [-0.2, -0.15) is 0 Å². The van der Waals surface area contributed by atoms with Crippen LogP contribution >= 0.6 is 11.8 Å². The Morgan fingerprint density at radius 2 is 2.25 bits per heavy atom. The minimum Gasteiger partial charge on any atom is -0.494 e. The number of hydrogen-bond acceptors (Lipinski definition) is 5. The molecule has 7 heteroatoms. The molecule has 1 aromatic heterocycles. The highest BCUT2D eigenvalue weighted by Gasteiger charge is 2.21. The molecule has 1 atom stereocenters. The van der Waals surface area contributed by atoms with E-state index in [1.807, 2.05) is 0 Å². The summed E-state index contributed by atoms with van der Waals surface area (Å²) in [6.45, 7) is 1.11. The number of anilines is 1. The lowest BCUT2D eigenvalue weighted by Crippen LogP contribution is -2.20. The molecule has 0 spiro atoms. The molecule has 1 aliphatic heterocycles. The molecule has 0 radical (unpaired) electrons. The number of nitrogens with zero attached hydrogens (tertiary/aromatic N) is 1. The lowest BCUT2D eigenvalue weighted by Gasteiger charge is -2.27. The van der Waals surface area contributed by atoms with E-state index in [0.29, 0.717) is 11.0 Å². The molecule has 1 unspecified atom stereocenters. The van der Waals surface area contributed by atoms with Crippen molar-refractivity contribution in [2.45, 2.75) is 30.3 Å². The molecule has 0 aliphatic carbocycles. The van der Waals surface area contributed by atoms with Crippen LogP contribution in [-0.2, 0) is 6.42 Å². The van der Waals surface area contributed by atoms with Gasteiger partial charge in [0.05, 0.1) is 24.8 Å². The van der Waals surface area contributed by atoms with E-state index in [2.05, 4.69) is 33.5 Å². The first-order valence-electron chi connectivity index (χ1n) is 9.52. The zero-order chi connectivity index (χ0) is 19.5. The molecule has 0 fully saturated rings. The van der Waals surface area contributed by atoms with Crippen LogP contribution in [0.1, 0.15) is 29.9 Å². The van der Waals surface area contributed by atoms with Crippen LogP contribution in [-0.4, -0.2) is 41.1 Å². The number of imidazole rings is 1. The molecule has 0 amide bonds. The van der Waals surface area contributed by atoms with Gasteiger partial charge in [0.1, 0.15) is 0 Å². The second kappa shape index (κ2) is 8.41. The maximum absolute atomic E-state index is 13.8. The van der Waals surface area contributed by atoms with Crippen molar-refractivity contribution in [1.29, 1.82) is 0 Å². The summed E-state index contributed by atoms with van der Waals surface area (Å²) in [7, 11) is 1.45. The number of aliphatic hydroxyl groups is 1. The molecule has 0 saturated heterocycles. The number of thioether (sulfide) groups is 1. The lowest BCUT2D eigenvalue weighted by molar-refractivity contribution is 0.259. The van der Waals surface area contributed by atoms with Crippen molar-refractivity contribution in [1.82, 2.24) is 9.97 Å². The summed E-state index contributed by atoms with van der Waals surface area (Å²) in [5.41, 5.74) is 5.11. The molecule has 5 nitrogen and oxygen atoms in total. The van der Waals surface area contributed by atoms with Crippen LogP contribution in [0.3, 0.4) is 0 Å². The van der Waals surface area contributed by atoms with Gasteiger partial charge in [-0.05, 0) is 30.4 Å². The van der Waals surface area contributed by atoms with Crippen LogP contribution in [0.15, 0.2) is 35.5 Å². The van der Waals surface area contributed by atoms with E-state index in [1.165, 1.54) is 30.0 Å². The molecule has 0 bridgehead atoms. The van der Waals surface area contributed by atoms with Gasteiger partial charge in [0.25, 0.3) is 0 Å². The summed E-state index contributed by atoms with van der Waals surface area (Å²) >= 11 is 1.64. The number of nitrogens with one attached hydrogen (secondary N) is 2. The van der Waals surface area contributed by atoms with Gasteiger partial charge in [-0.15, -0.1) is 0 Å². The normalized spacial score (nSPS) is 16.0. The Hall–Kier alpha value is -2.25. The van der Waals surface area contributed by atoms with Crippen molar-refractivity contribution in [3.05, 3.63) is 47.3 Å². The van der Waals surface area contributed by atoms with E-state index in [-0.39, 0.29) is 18.3 Å². The van der Waals surface area contributed by atoms with Crippen LogP contribution in [0.2, 0.25) is 0 Å². The van der Waals surface area contributed by atoms with E-state index >= 15 is 0 Å². The van der Waals surface area contributed by atoms with Gasteiger partial charge in [-0.3, -0.25) is 0 Å². The van der Waals surface area contributed by atoms with E-state index in [0.717, 1.165) is 36.7 Å². The summed E-state index contributed by atoms with van der Waals surface area (Å²) in [6, 6.07) is 9.39. The Kier molecular flexibility index (Phi) is 5.73. The highest BCUT2D eigenvalue weighted by Crippen LogP contribution is 2.34. The average Bonchev–Trinajstić information content (AvgIpc) is 3.11. The molecule has 1 aliphatic rings. The summed E-state index contributed by atoms with van der Waals surface area (Å²) in [5, 5.41) is 13.9. The standard InChI is InChI=1S/C21H24FN3O2S/c1-27-19-11-18-17(10-16(19)22)24-21(25-18)28-9-3-5-13-4-2-6-15-14(12-26)7-8-23-20(13)15/h2,4,6,10-11,14,23,26H,3,5,7-9,12H2,1H3,(H,24,25). The lowest BCUT2D eigenvalue weighted by atomic mass is 9.89. The second-order valence-electron chi connectivity index (χ2n) is 6.97. The largest absolute Gasteiger partial charge is 0.494 e. The molecule has 3 aromatic rings. The first-order valence-corrected chi connectivity index (χ1v) is 10.5. The Labute approximate surface area is 167 Å². The van der Waals surface area contributed by atoms with Gasteiger partial charge in [0, 0.05) is 36.0 Å². The third kappa shape index (κ3) is 3.82. The molecule has 148 valence electrons.